The van der Waals surface area contributed by atoms with Gasteiger partial charge in [-0.25, -0.2) is 0 Å². The van der Waals surface area contributed by atoms with Crippen molar-refractivity contribution >= 4 is 93.5 Å². The third-order valence-corrected chi connectivity index (χ3v) is 12.6. The molecule has 62 heavy (non-hydrogen) atoms. The minimum Gasteiger partial charge on any atom is -0.455 e. The number of aromatic nitrogens is 1. The largest absolute Gasteiger partial charge is 0.455 e. The van der Waals surface area contributed by atoms with Gasteiger partial charge in [-0.2, -0.15) is 0 Å². The van der Waals surface area contributed by atoms with Gasteiger partial charge in [-0.15, -0.1) is 0 Å². The van der Waals surface area contributed by atoms with Gasteiger partial charge in [0.2, 0.25) is 0 Å². The second-order valence-electron chi connectivity index (χ2n) is 16.0. The minimum absolute atomic E-state index is 0.833. The van der Waals surface area contributed by atoms with Crippen molar-refractivity contribution in [2.45, 2.75) is 0 Å². The van der Waals surface area contributed by atoms with Gasteiger partial charge in [0.05, 0.1) is 33.7 Å². The molecule has 0 atom stereocenters. The van der Waals surface area contributed by atoms with E-state index >= 15 is 0 Å². The lowest BCUT2D eigenvalue weighted by molar-refractivity contribution is 0.669. The zero-order valence-electron chi connectivity index (χ0n) is 33.5. The summed E-state index contributed by atoms with van der Waals surface area (Å²) in [7, 11) is 0. The van der Waals surface area contributed by atoms with Gasteiger partial charge in [0.15, 0.2) is 0 Å². The van der Waals surface area contributed by atoms with Crippen LogP contribution in [0.4, 0.5) is 17.1 Å². The second-order valence-corrected chi connectivity index (χ2v) is 16.0. The fourth-order valence-corrected chi connectivity index (χ4v) is 9.87. The van der Waals surface area contributed by atoms with Crippen LogP contribution >= 0.6 is 0 Å². The summed E-state index contributed by atoms with van der Waals surface area (Å²) in [4.78, 5) is 2.42. The summed E-state index contributed by atoms with van der Waals surface area (Å²) in [6.07, 6.45) is 0. The lowest BCUT2D eigenvalue weighted by Gasteiger charge is -2.30. The van der Waals surface area contributed by atoms with Crippen LogP contribution < -0.4 is 4.90 Å². The predicted octanol–water partition coefficient (Wildman–Crippen LogP) is 16.5. The number of para-hydroxylation sites is 7. The molecule has 3 aromatic heterocycles. The SMILES string of the molecule is c1ccc(N(c2ccc3ccccc3c2)c2ccc3c(oc4ccccc43)c2-c2ccccc2-n2c3ccccc3c3ccccc32)c(-c2cccc3c2oc2ccccc23)c1. The predicted molar refractivity (Wildman–Crippen MR) is 258 cm³/mol. The normalized spacial score (nSPS) is 11.9. The first-order valence-electron chi connectivity index (χ1n) is 21.1. The molecule has 0 aliphatic heterocycles. The smallest absolute Gasteiger partial charge is 0.145 e. The average Bonchev–Trinajstić information content (AvgIpc) is 4.02. The lowest BCUT2D eigenvalue weighted by atomic mass is 9.95. The van der Waals surface area contributed by atoms with Crippen LogP contribution in [-0.4, -0.2) is 4.57 Å². The molecule has 0 aliphatic carbocycles. The molecule has 0 N–H and O–H groups in total. The van der Waals surface area contributed by atoms with E-state index in [9.17, 15) is 0 Å². The van der Waals surface area contributed by atoms with E-state index in [4.69, 9.17) is 8.83 Å². The van der Waals surface area contributed by atoms with E-state index in [-0.39, 0.29) is 0 Å². The first-order valence-corrected chi connectivity index (χ1v) is 21.1. The van der Waals surface area contributed by atoms with Crippen LogP contribution in [0.2, 0.25) is 0 Å². The molecule has 4 heteroatoms. The number of anilines is 3. The topological polar surface area (TPSA) is 34.5 Å². The third kappa shape index (κ3) is 5.14. The van der Waals surface area contributed by atoms with E-state index in [1.54, 1.807) is 0 Å². The summed E-state index contributed by atoms with van der Waals surface area (Å²) >= 11 is 0. The molecule has 4 nitrogen and oxygen atoms in total. The molecular weight excluding hydrogens is 757 g/mol. The van der Waals surface area contributed by atoms with Crippen molar-refractivity contribution < 1.29 is 8.83 Å². The number of hydrogen-bond donors (Lipinski definition) is 0. The highest BCUT2D eigenvalue weighted by atomic mass is 16.3. The van der Waals surface area contributed by atoms with Gasteiger partial charge in [0.25, 0.3) is 0 Å². The van der Waals surface area contributed by atoms with Crippen molar-refractivity contribution in [2.75, 3.05) is 4.90 Å². The zero-order valence-corrected chi connectivity index (χ0v) is 33.5. The van der Waals surface area contributed by atoms with Crippen LogP contribution in [0.5, 0.6) is 0 Å². The van der Waals surface area contributed by atoms with Crippen molar-refractivity contribution in [3.8, 4) is 27.9 Å². The maximum absolute atomic E-state index is 7.07. The van der Waals surface area contributed by atoms with Crippen LogP contribution in [0.3, 0.4) is 0 Å². The highest BCUT2D eigenvalue weighted by Crippen LogP contribution is 2.51. The van der Waals surface area contributed by atoms with Crippen molar-refractivity contribution in [1.82, 2.24) is 4.57 Å². The van der Waals surface area contributed by atoms with Crippen molar-refractivity contribution in [3.05, 3.63) is 218 Å². The third-order valence-electron chi connectivity index (χ3n) is 12.6. The van der Waals surface area contributed by atoms with Gasteiger partial charge in [-0.1, -0.05) is 158 Å². The standard InChI is InChI=1S/C58H36N2O2/c1-2-17-38-36-39(33-32-37(38)16-1)59(49-26-9-5-20-42(49)45-24-15-25-46-43-21-7-13-30-54(43)61-57(45)46)53-35-34-47-44-22-8-14-31-55(44)62-58(47)56(53)48-23-6-12-29-52(48)60-50-27-10-3-18-40(50)41-19-4-11-28-51(41)60/h1-36H. The molecule has 0 bridgehead atoms. The van der Waals surface area contributed by atoms with Crippen molar-refractivity contribution in [3.63, 3.8) is 0 Å². The fourth-order valence-electron chi connectivity index (χ4n) is 9.87. The Morgan fingerprint density at radius 2 is 0.887 bits per heavy atom. The highest BCUT2D eigenvalue weighted by Gasteiger charge is 2.28. The monoisotopic (exact) mass is 792 g/mol. The summed E-state index contributed by atoms with van der Waals surface area (Å²) in [5.74, 6) is 0. The molecule has 13 aromatic rings. The highest BCUT2D eigenvalue weighted by molar-refractivity contribution is 6.16. The van der Waals surface area contributed by atoms with E-state index in [0.29, 0.717) is 0 Å². The molecule has 0 fully saturated rings. The fraction of sp³-hybridized carbons (Fsp3) is 0. The number of rotatable bonds is 6. The van der Waals surface area contributed by atoms with Crippen molar-refractivity contribution in [2.24, 2.45) is 0 Å². The Morgan fingerprint density at radius 1 is 0.339 bits per heavy atom. The van der Waals surface area contributed by atoms with Gasteiger partial charge in [-0.05, 0) is 71.4 Å². The average molecular weight is 793 g/mol. The lowest BCUT2D eigenvalue weighted by Crippen LogP contribution is -2.13. The molecule has 0 saturated heterocycles. The molecule has 13 rings (SSSR count). The Morgan fingerprint density at radius 3 is 1.65 bits per heavy atom. The molecule has 10 aromatic carbocycles. The van der Waals surface area contributed by atoms with Crippen molar-refractivity contribution in [1.29, 1.82) is 0 Å². The minimum atomic E-state index is 0.833. The number of benzene rings is 10. The molecule has 0 saturated carbocycles. The summed E-state index contributed by atoms with van der Waals surface area (Å²) < 4.78 is 16.2. The molecule has 290 valence electrons. The van der Waals surface area contributed by atoms with Gasteiger partial charge in [0.1, 0.15) is 22.3 Å². The molecular formula is C58H36N2O2. The van der Waals surface area contributed by atoms with E-state index in [0.717, 1.165) is 105 Å². The number of fused-ring (bicyclic) bond motifs is 10. The Labute approximate surface area is 356 Å². The Kier molecular flexibility index (Phi) is 7.57. The van der Waals surface area contributed by atoms with Crippen LogP contribution in [0, 0.1) is 0 Å². The van der Waals surface area contributed by atoms with E-state index in [1.165, 1.54) is 16.2 Å². The van der Waals surface area contributed by atoms with Crippen LogP contribution in [0.25, 0.3) is 104 Å². The Balaban J connectivity index is 1.16. The Hall–Kier alpha value is -8.34. The number of hydrogen-bond acceptors (Lipinski definition) is 3. The van der Waals surface area contributed by atoms with E-state index < -0.39 is 0 Å². The van der Waals surface area contributed by atoms with Gasteiger partial charge in [0, 0.05) is 54.7 Å². The first kappa shape index (κ1) is 34.5. The molecule has 0 unspecified atom stereocenters. The Bertz CT molecular complexity index is 3850. The second kappa shape index (κ2) is 13.6. The van der Waals surface area contributed by atoms with E-state index in [1.807, 2.05) is 12.1 Å². The van der Waals surface area contributed by atoms with Gasteiger partial charge >= 0.3 is 0 Å². The van der Waals surface area contributed by atoms with Crippen LogP contribution in [0.1, 0.15) is 0 Å². The molecule has 0 radical (unpaired) electrons. The summed E-state index contributed by atoms with van der Waals surface area (Å²) in [6.45, 7) is 0. The maximum atomic E-state index is 7.07. The molecule has 0 spiro atoms. The maximum Gasteiger partial charge on any atom is 0.145 e. The number of furan rings is 2. The summed E-state index contributed by atoms with van der Waals surface area (Å²) in [5.41, 5.74) is 14.0. The summed E-state index contributed by atoms with van der Waals surface area (Å²) in [6, 6.07) is 78.0. The number of nitrogens with zero attached hydrogens (tertiary/aromatic N) is 2. The quantitative estimate of drug-likeness (QED) is 0.168. The van der Waals surface area contributed by atoms with Crippen LogP contribution in [-0.2, 0) is 0 Å². The zero-order chi connectivity index (χ0) is 40.7. The molecule has 3 heterocycles. The summed E-state index contributed by atoms with van der Waals surface area (Å²) in [5, 5.41) is 9.11. The van der Waals surface area contributed by atoms with Crippen LogP contribution in [0.15, 0.2) is 227 Å². The van der Waals surface area contributed by atoms with Gasteiger partial charge in [-0.3, -0.25) is 0 Å². The molecule has 0 aliphatic rings. The first-order chi connectivity index (χ1) is 30.8. The molecule has 0 amide bonds. The van der Waals surface area contributed by atoms with E-state index in [2.05, 4.69) is 216 Å². The van der Waals surface area contributed by atoms with Gasteiger partial charge < -0.3 is 18.3 Å².